The van der Waals surface area contributed by atoms with Crippen LogP contribution in [0.2, 0.25) is 0 Å². The molecule has 0 radical (unpaired) electrons. The largest absolute Gasteiger partial charge is 0.376 e. The van der Waals surface area contributed by atoms with Crippen LogP contribution in [-0.2, 0) is 22.6 Å². The summed E-state index contributed by atoms with van der Waals surface area (Å²) in [5.41, 5.74) is 2.53. The van der Waals surface area contributed by atoms with Gasteiger partial charge in [0.05, 0.1) is 25.9 Å². The molecule has 0 aliphatic rings. The standard InChI is InChI=1S/C17H29NO2/c1-14(2)11-18-12-16-6-5-7-17(10-16)13-19-8-9-20-15(3)4/h5-7,10,14-15,18H,8-9,11-13H2,1-4H3. The molecule has 0 amide bonds. The topological polar surface area (TPSA) is 30.5 Å². The van der Waals surface area contributed by atoms with Gasteiger partial charge in [0.2, 0.25) is 0 Å². The van der Waals surface area contributed by atoms with Crippen LogP contribution in [0.3, 0.4) is 0 Å². The summed E-state index contributed by atoms with van der Waals surface area (Å²) in [5.74, 6) is 0.683. The minimum atomic E-state index is 0.272. The Balaban J connectivity index is 2.25. The van der Waals surface area contributed by atoms with E-state index in [4.69, 9.17) is 9.47 Å². The van der Waals surface area contributed by atoms with Crippen LogP contribution in [0.4, 0.5) is 0 Å². The minimum Gasteiger partial charge on any atom is -0.376 e. The predicted octanol–water partition coefficient (Wildman–Crippen LogP) is 3.37. The Kier molecular flexibility index (Phi) is 8.51. The Morgan fingerprint density at radius 3 is 2.50 bits per heavy atom. The summed E-state index contributed by atoms with van der Waals surface area (Å²) >= 11 is 0. The molecule has 0 fully saturated rings. The zero-order chi connectivity index (χ0) is 14.8. The molecule has 20 heavy (non-hydrogen) atoms. The lowest BCUT2D eigenvalue weighted by molar-refractivity contribution is 0.0143. The summed E-state index contributed by atoms with van der Waals surface area (Å²) in [7, 11) is 0. The van der Waals surface area contributed by atoms with Gasteiger partial charge in [0, 0.05) is 6.54 Å². The summed E-state index contributed by atoms with van der Waals surface area (Å²) in [5, 5.41) is 3.46. The van der Waals surface area contributed by atoms with Crippen LogP contribution in [-0.4, -0.2) is 25.9 Å². The van der Waals surface area contributed by atoms with Crippen molar-refractivity contribution in [2.45, 2.75) is 47.0 Å². The van der Waals surface area contributed by atoms with E-state index < -0.39 is 0 Å². The van der Waals surface area contributed by atoms with E-state index in [0.717, 1.165) is 13.1 Å². The fraction of sp³-hybridized carbons (Fsp3) is 0.647. The van der Waals surface area contributed by atoms with Crippen LogP contribution in [0.15, 0.2) is 24.3 Å². The van der Waals surface area contributed by atoms with Crippen molar-refractivity contribution in [3.8, 4) is 0 Å². The molecule has 0 aliphatic heterocycles. The number of hydrogen-bond acceptors (Lipinski definition) is 3. The van der Waals surface area contributed by atoms with Crippen molar-refractivity contribution < 1.29 is 9.47 Å². The van der Waals surface area contributed by atoms with Crippen LogP contribution in [0.25, 0.3) is 0 Å². The molecule has 0 spiro atoms. The first kappa shape index (κ1) is 17.2. The summed E-state index contributed by atoms with van der Waals surface area (Å²) < 4.78 is 11.1. The molecule has 0 heterocycles. The van der Waals surface area contributed by atoms with E-state index in [0.29, 0.717) is 25.7 Å². The Morgan fingerprint density at radius 2 is 1.80 bits per heavy atom. The van der Waals surface area contributed by atoms with Gasteiger partial charge in [-0.15, -0.1) is 0 Å². The number of nitrogens with one attached hydrogen (secondary N) is 1. The van der Waals surface area contributed by atoms with Gasteiger partial charge in [-0.3, -0.25) is 0 Å². The third-order valence-electron chi connectivity index (χ3n) is 2.82. The third kappa shape index (κ3) is 8.31. The van der Waals surface area contributed by atoms with Crippen molar-refractivity contribution in [2.75, 3.05) is 19.8 Å². The van der Waals surface area contributed by atoms with Gasteiger partial charge in [0.15, 0.2) is 0 Å². The third-order valence-corrected chi connectivity index (χ3v) is 2.82. The number of rotatable bonds is 10. The molecule has 1 aromatic rings. The fourth-order valence-corrected chi connectivity index (χ4v) is 1.87. The highest BCUT2D eigenvalue weighted by Crippen LogP contribution is 2.07. The van der Waals surface area contributed by atoms with E-state index >= 15 is 0 Å². The molecule has 0 unspecified atom stereocenters. The SMILES string of the molecule is CC(C)CNCc1cccc(COCCOC(C)C)c1. The second-order valence-electron chi connectivity index (χ2n) is 5.82. The highest BCUT2D eigenvalue weighted by atomic mass is 16.5. The van der Waals surface area contributed by atoms with E-state index in [1.165, 1.54) is 11.1 Å². The number of ether oxygens (including phenoxy) is 2. The lowest BCUT2D eigenvalue weighted by atomic mass is 10.1. The van der Waals surface area contributed by atoms with Crippen molar-refractivity contribution in [3.05, 3.63) is 35.4 Å². The van der Waals surface area contributed by atoms with Crippen molar-refractivity contribution in [1.82, 2.24) is 5.32 Å². The summed E-state index contributed by atoms with van der Waals surface area (Å²) in [6.45, 7) is 12.4. The van der Waals surface area contributed by atoms with Gasteiger partial charge in [-0.1, -0.05) is 38.1 Å². The van der Waals surface area contributed by atoms with Gasteiger partial charge in [-0.2, -0.15) is 0 Å². The molecule has 1 aromatic carbocycles. The molecule has 3 nitrogen and oxygen atoms in total. The second kappa shape index (κ2) is 9.92. The molecule has 3 heteroatoms. The van der Waals surface area contributed by atoms with Crippen molar-refractivity contribution in [1.29, 1.82) is 0 Å². The molecule has 0 aliphatic carbocycles. The second-order valence-corrected chi connectivity index (χ2v) is 5.82. The van der Waals surface area contributed by atoms with Crippen molar-refractivity contribution >= 4 is 0 Å². The number of benzene rings is 1. The molecule has 1 N–H and O–H groups in total. The van der Waals surface area contributed by atoms with E-state index in [2.05, 4.69) is 43.4 Å². The first-order chi connectivity index (χ1) is 9.58. The van der Waals surface area contributed by atoms with Gasteiger partial charge in [0.25, 0.3) is 0 Å². The lowest BCUT2D eigenvalue weighted by Gasteiger charge is -2.10. The van der Waals surface area contributed by atoms with Gasteiger partial charge < -0.3 is 14.8 Å². The van der Waals surface area contributed by atoms with Crippen LogP contribution >= 0.6 is 0 Å². The van der Waals surface area contributed by atoms with Crippen molar-refractivity contribution in [3.63, 3.8) is 0 Å². The summed E-state index contributed by atoms with van der Waals surface area (Å²) in [4.78, 5) is 0. The number of hydrogen-bond donors (Lipinski definition) is 1. The van der Waals surface area contributed by atoms with Gasteiger partial charge in [0.1, 0.15) is 0 Å². The average Bonchev–Trinajstić information content (AvgIpc) is 2.38. The van der Waals surface area contributed by atoms with Crippen LogP contribution in [0, 0.1) is 5.92 Å². The molecule has 1 rings (SSSR count). The Hall–Kier alpha value is -0.900. The molecular formula is C17H29NO2. The average molecular weight is 279 g/mol. The van der Waals surface area contributed by atoms with E-state index in [1.807, 2.05) is 13.8 Å². The van der Waals surface area contributed by atoms with Crippen LogP contribution in [0.5, 0.6) is 0 Å². The minimum absolute atomic E-state index is 0.272. The van der Waals surface area contributed by atoms with E-state index in [9.17, 15) is 0 Å². The quantitative estimate of drug-likeness (QED) is 0.666. The first-order valence-electron chi connectivity index (χ1n) is 7.55. The van der Waals surface area contributed by atoms with E-state index in [1.54, 1.807) is 0 Å². The molecule has 0 aromatic heterocycles. The maximum atomic E-state index is 5.62. The molecule has 114 valence electrons. The monoisotopic (exact) mass is 279 g/mol. The van der Waals surface area contributed by atoms with E-state index in [-0.39, 0.29) is 6.10 Å². The first-order valence-corrected chi connectivity index (χ1v) is 7.55. The molecule has 0 saturated carbocycles. The maximum absolute atomic E-state index is 5.62. The Bertz CT molecular complexity index is 364. The molecule has 0 saturated heterocycles. The highest BCUT2D eigenvalue weighted by molar-refractivity contribution is 5.22. The van der Waals surface area contributed by atoms with Crippen LogP contribution < -0.4 is 5.32 Å². The molecule has 0 atom stereocenters. The summed E-state index contributed by atoms with van der Waals surface area (Å²) in [6, 6.07) is 8.56. The lowest BCUT2D eigenvalue weighted by Crippen LogP contribution is -2.19. The molecular weight excluding hydrogens is 250 g/mol. The van der Waals surface area contributed by atoms with Gasteiger partial charge >= 0.3 is 0 Å². The highest BCUT2D eigenvalue weighted by Gasteiger charge is 1.99. The summed E-state index contributed by atoms with van der Waals surface area (Å²) in [6.07, 6.45) is 0.272. The maximum Gasteiger partial charge on any atom is 0.0718 e. The van der Waals surface area contributed by atoms with Crippen molar-refractivity contribution in [2.24, 2.45) is 5.92 Å². The molecule has 0 bridgehead atoms. The zero-order valence-corrected chi connectivity index (χ0v) is 13.3. The smallest absolute Gasteiger partial charge is 0.0718 e. The van der Waals surface area contributed by atoms with Gasteiger partial charge in [-0.25, -0.2) is 0 Å². The van der Waals surface area contributed by atoms with Crippen LogP contribution in [0.1, 0.15) is 38.8 Å². The Labute approximate surface area is 123 Å². The predicted molar refractivity (Wildman–Crippen MR) is 83.7 cm³/mol. The zero-order valence-electron chi connectivity index (χ0n) is 13.3. The fourth-order valence-electron chi connectivity index (χ4n) is 1.87. The normalized spacial score (nSPS) is 11.5. The Morgan fingerprint density at radius 1 is 1.05 bits per heavy atom. The van der Waals surface area contributed by atoms with Gasteiger partial charge in [-0.05, 0) is 37.4 Å².